The van der Waals surface area contributed by atoms with E-state index in [-0.39, 0.29) is 31.0 Å². The van der Waals surface area contributed by atoms with Crippen LogP contribution in [0.25, 0.3) is 0 Å². The summed E-state index contributed by atoms with van der Waals surface area (Å²) in [6.07, 6.45) is 0.906. The highest BCUT2D eigenvalue weighted by Crippen LogP contribution is 2.23. The summed E-state index contributed by atoms with van der Waals surface area (Å²) >= 11 is 0. The third-order valence-corrected chi connectivity index (χ3v) is 9.64. The third-order valence-electron chi connectivity index (χ3n) is 9.64. The van der Waals surface area contributed by atoms with E-state index in [0.29, 0.717) is 58.3 Å². The number of aromatic nitrogens is 1. The van der Waals surface area contributed by atoms with Crippen LogP contribution in [0.2, 0.25) is 0 Å². The maximum Gasteiger partial charge on any atom is 0.407 e. The number of hydrogen-bond acceptors (Lipinski definition) is 9. The van der Waals surface area contributed by atoms with Gasteiger partial charge in [-0.1, -0.05) is 77.4 Å². The molecule has 14 nitrogen and oxygen atoms in total. The van der Waals surface area contributed by atoms with Crippen LogP contribution in [-0.4, -0.2) is 118 Å². The van der Waals surface area contributed by atoms with E-state index < -0.39 is 41.6 Å². The molecule has 0 aliphatic carbocycles. The van der Waals surface area contributed by atoms with Crippen molar-refractivity contribution in [2.45, 2.75) is 104 Å². The number of hydrazine groups is 1. The lowest BCUT2D eigenvalue weighted by Gasteiger charge is -2.36. The number of unbranched alkanes of at least 4 members (excludes halogenated alkanes) is 2. The molecular formula is C39H61N7O7. The highest BCUT2D eigenvalue weighted by molar-refractivity contribution is 5.88. The number of amides is 5. The van der Waals surface area contributed by atoms with Gasteiger partial charge in [0.25, 0.3) is 5.91 Å². The number of urea groups is 1. The number of carbonyl (C=O) groups is 4. The molecule has 0 spiro atoms. The number of pyridine rings is 1. The normalized spacial score (nSPS) is 16.2. The second-order valence-corrected chi connectivity index (χ2v) is 15.0. The second kappa shape index (κ2) is 20.8. The Kier molecular flexibility index (Phi) is 17.0. The molecule has 14 heteroatoms. The van der Waals surface area contributed by atoms with E-state index >= 15 is 0 Å². The zero-order valence-electron chi connectivity index (χ0n) is 32.5. The van der Waals surface area contributed by atoms with Gasteiger partial charge in [0.2, 0.25) is 5.91 Å². The molecule has 2 aromatic rings. The fourth-order valence-electron chi connectivity index (χ4n) is 6.45. The quantitative estimate of drug-likeness (QED) is 0.101. The van der Waals surface area contributed by atoms with Crippen molar-refractivity contribution in [3.63, 3.8) is 0 Å². The van der Waals surface area contributed by atoms with Gasteiger partial charge in [-0.25, -0.2) is 14.6 Å². The van der Waals surface area contributed by atoms with Gasteiger partial charge in [0.1, 0.15) is 12.1 Å². The molecule has 0 bridgehead atoms. The first kappa shape index (κ1) is 43.1. The molecule has 1 fully saturated rings. The lowest BCUT2D eigenvalue weighted by Crippen LogP contribution is -2.60. The molecule has 294 valence electrons. The number of nitrogens with one attached hydrogen (secondary N) is 3. The Hall–Kier alpha value is -4.27. The molecule has 1 aliphatic rings. The predicted octanol–water partition coefficient (Wildman–Crippen LogP) is 3.40. The average molecular weight is 740 g/mol. The predicted molar refractivity (Wildman–Crippen MR) is 202 cm³/mol. The first-order valence-corrected chi connectivity index (χ1v) is 18.7. The molecule has 3 rings (SSSR count). The van der Waals surface area contributed by atoms with Crippen LogP contribution in [0.3, 0.4) is 0 Å². The Bertz CT molecular complexity index is 1470. The number of rotatable bonds is 20. The number of methoxy groups -OCH3 is 1. The number of aliphatic hydroxyl groups excluding tert-OH is 2. The molecule has 5 atom stereocenters. The maximum atomic E-state index is 14.3. The summed E-state index contributed by atoms with van der Waals surface area (Å²) in [5.41, 5.74) is 4.74. The van der Waals surface area contributed by atoms with Crippen molar-refractivity contribution in [3.8, 4) is 0 Å². The molecule has 1 aromatic heterocycles. The fourth-order valence-corrected chi connectivity index (χ4v) is 6.45. The molecule has 2 heterocycles. The monoisotopic (exact) mass is 739 g/mol. The third kappa shape index (κ3) is 13.3. The molecule has 5 amide bonds. The Morgan fingerprint density at radius 2 is 1.72 bits per heavy atom. The Morgan fingerprint density at radius 3 is 2.34 bits per heavy atom. The van der Waals surface area contributed by atoms with E-state index in [4.69, 9.17) is 4.74 Å². The van der Waals surface area contributed by atoms with Crippen LogP contribution in [0.4, 0.5) is 9.59 Å². The lowest BCUT2D eigenvalue weighted by atomic mass is 9.86. The molecule has 1 aromatic carbocycles. The summed E-state index contributed by atoms with van der Waals surface area (Å²) in [6, 6.07) is 12.4. The van der Waals surface area contributed by atoms with Crippen molar-refractivity contribution < 1.29 is 34.1 Å². The highest BCUT2D eigenvalue weighted by atomic mass is 16.5. The van der Waals surface area contributed by atoms with Crippen LogP contribution >= 0.6 is 0 Å². The van der Waals surface area contributed by atoms with Gasteiger partial charge in [0.05, 0.1) is 31.5 Å². The van der Waals surface area contributed by atoms with E-state index in [1.54, 1.807) is 14.8 Å². The minimum atomic E-state index is -1.16. The molecule has 5 N–H and O–H groups in total. The maximum absolute atomic E-state index is 14.3. The summed E-state index contributed by atoms with van der Waals surface area (Å²) in [6.45, 7) is 12.8. The molecule has 1 aliphatic heterocycles. The largest absolute Gasteiger partial charge is 0.453 e. The highest BCUT2D eigenvalue weighted by Gasteiger charge is 2.41. The van der Waals surface area contributed by atoms with E-state index in [1.165, 1.54) is 7.11 Å². The van der Waals surface area contributed by atoms with Crippen molar-refractivity contribution >= 4 is 23.9 Å². The van der Waals surface area contributed by atoms with E-state index in [9.17, 15) is 29.4 Å². The van der Waals surface area contributed by atoms with Gasteiger partial charge in [-0.15, -0.1) is 0 Å². The summed E-state index contributed by atoms with van der Waals surface area (Å²) in [4.78, 5) is 61.8. The zero-order chi connectivity index (χ0) is 39.1. The van der Waals surface area contributed by atoms with Crippen LogP contribution < -0.4 is 16.1 Å². The Labute approximate surface area is 314 Å². The van der Waals surface area contributed by atoms with E-state index in [1.807, 2.05) is 90.1 Å². The van der Waals surface area contributed by atoms with E-state index in [0.717, 1.165) is 17.0 Å². The average Bonchev–Trinajstić information content (AvgIpc) is 3.46. The number of carbonyl (C=O) groups excluding carboxylic acids is 4. The minimum absolute atomic E-state index is 0.0345. The molecule has 0 radical (unpaired) electrons. The first-order chi connectivity index (χ1) is 25.2. The van der Waals surface area contributed by atoms with Crippen LogP contribution in [0.5, 0.6) is 0 Å². The van der Waals surface area contributed by atoms with Gasteiger partial charge in [-0.2, -0.15) is 0 Å². The van der Waals surface area contributed by atoms with Gasteiger partial charge >= 0.3 is 12.1 Å². The van der Waals surface area contributed by atoms with Crippen molar-refractivity contribution in [2.24, 2.45) is 11.3 Å². The van der Waals surface area contributed by atoms with Crippen molar-refractivity contribution in [3.05, 3.63) is 65.5 Å². The molecular weight excluding hydrogens is 678 g/mol. The van der Waals surface area contributed by atoms with Crippen molar-refractivity contribution in [2.75, 3.05) is 39.9 Å². The molecule has 0 saturated carbocycles. The van der Waals surface area contributed by atoms with Gasteiger partial charge in [-0.3, -0.25) is 20.0 Å². The summed E-state index contributed by atoms with van der Waals surface area (Å²) in [5.74, 6) is -1.03. The summed E-state index contributed by atoms with van der Waals surface area (Å²) < 4.78 is 4.76. The van der Waals surface area contributed by atoms with Gasteiger partial charge < -0.3 is 35.4 Å². The standard InChI is InChI=1S/C39H61N7O7/c1-8-27(2)33(46-22-21-44(38(46)52)25-30-19-15-16-28(3)40-30)35(49)41-31(24-29-17-11-9-12-18-29)32(48)26-45(20-13-10-14-23-47)43-36(50)34(39(4,5)6)42-37(51)53-7/h9,11-12,15-19,27,31-34,47-48H,8,10,13-14,20-26H2,1-7H3,(H,41,49)(H,42,51)(H,43,50)/t27-,31-,32-,33-,34+/m0/s1. The number of benzene rings is 1. The number of alkyl carbamates (subject to hydrolysis) is 1. The second-order valence-electron chi connectivity index (χ2n) is 15.0. The van der Waals surface area contributed by atoms with Crippen molar-refractivity contribution in [1.82, 2.24) is 35.9 Å². The fraction of sp³-hybridized carbons (Fsp3) is 0.615. The minimum Gasteiger partial charge on any atom is -0.453 e. The van der Waals surface area contributed by atoms with Crippen molar-refractivity contribution in [1.29, 1.82) is 0 Å². The summed E-state index contributed by atoms with van der Waals surface area (Å²) in [5, 5.41) is 28.5. The number of nitrogens with zero attached hydrogens (tertiary/aromatic N) is 4. The van der Waals surface area contributed by atoms with Crippen LogP contribution in [-0.2, 0) is 27.3 Å². The zero-order valence-corrected chi connectivity index (χ0v) is 32.5. The van der Waals surface area contributed by atoms with Crippen LogP contribution in [0, 0.1) is 18.3 Å². The van der Waals surface area contributed by atoms with Crippen LogP contribution in [0.1, 0.15) is 77.3 Å². The summed E-state index contributed by atoms with van der Waals surface area (Å²) in [7, 11) is 1.22. The van der Waals surface area contributed by atoms with Gasteiger partial charge in [0, 0.05) is 38.5 Å². The van der Waals surface area contributed by atoms with Gasteiger partial charge in [-0.05, 0) is 61.6 Å². The Morgan fingerprint density at radius 1 is 1.00 bits per heavy atom. The SMILES string of the molecule is CC[C@H](C)[C@@H](C(=O)N[C@@H](Cc1ccccc1)[C@@H](O)CN(CCCCCO)NC(=O)[C@@H](NC(=O)OC)C(C)(C)C)N1CCN(Cc2cccc(C)n2)C1=O. The topological polar surface area (TPSA) is 177 Å². The first-order valence-electron chi connectivity index (χ1n) is 18.7. The smallest absolute Gasteiger partial charge is 0.407 e. The molecule has 0 unspecified atom stereocenters. The number of ether oxygens (including phenoxy) is 1. The molecule has 1 saturated heterocycles. The number of hydrogen-bond donors (Lipinski definition) is 5. The molecule has 53 heavy (non-hydrogen) atoms. The Balaban J connectivity index is 1.86. The van der Waals surface area contributed by atoms with Gasteiger partial charge in [0.15, 0.2) is 0 Å². The van der Waals surface area contributed by atoms with Crippen LogP contribution in [0.15, 0.2) is 48.5 Å². The lowest BCUT2D eigenvalue weighted by molar-refractivity contribution is -0.132. The number of aliphatic hydroxyl groups is 2. The van der Waals surface area contributed by atoms with E-state index in [2.05, 4.69) is 21.0 Å². The number of aryl methyl sites for hydroxylation is 1.